The van der Waals surface area contributed by atoms with Crippen molar-refractivity contribution < 1.29 is 41.4 Å². The summed E-state index contributed by atoms with van der Waals surface area (Å²) in [5.41, 5.74) is -1.02. The van der Waals surface area contributed by atoms with Gasteiger partial charge in [0.2, 0.25) is 11.8 Å². The van der Waals surface area contributed by atoms with Crippen molar-refractivity contribution in [3.05, 3.63) is 41.5 Å². The van der Waals surface area contributed by atoms with Crippen LogP contribution < -0.4 is 5.32 Å². The third-order valence-electron chi connectivity index (χ3n) is 6.27. The summed E-state index contributed by atoms with van der Waals surface area (Å²) in [4.78, 5) is 50.3. The lowest BCUT2D eigenvalue weighted by Crippen LogP contribution is -2.53. The summed E-state index contributed by atoms with van der Waals surface area (Å²) >= 11 is 0. The third-order valence-corrected chi connectivity index (χ3v) is 6.27. The highest BCUT2D eigenvalue weighted by Gasteiger charge is 2.41. The van der Waals surface area contributed by atoms with Crippen LogP contribution >= 0.6 is 0 Å². The molecule has 10 nitrogen and oxygen atoms in total. The number of piperidine rings is 1. The summed E-state index contributed by atoms with van der Waals surface area (Å²) in [6.45, 7) is -1.77. The molecule has 2 aliphatic rings. The molecule has 2 aliphatic heterocycles. The maximum absolute atomic E-state index is 13.8. The van der Waals surface area contributed by atoms with Crippen LogP contribution in [-0.2, 0) is 28.7 Å². The highest BCUT2D eigenvalue weighted by Crippen LogP contribution is 2.35. The highest BCUT2D eigenvalue weighted by molar-refractivity contribution is 5.79. The summed E-state index contributed by atoms with van der Waals surface area (Å²) in [7, 11) is 0. The molecule has 0 bridgehead atoms. The Kier molecular flexibility index (Phi) is 7.47. The van der Waals surface area contributed by atoms with Crippen LogP contribution in [-0.4, -0.2) is 79.4 Å². The second kappa shape index (κ2) is 10.5. The van der Waals surface area contributed by atoms with E-state index in [9.17, 15) is 36.3 Å². The minimum atomic E-state index is -4.77. The van der Waals surface area contributed by atoms with Gasteiger partial charge < -0.3 is 20.2 Å². The molecule has 0 spiro atoms. The molecule has 4 rings (SSSR count). The molecule has 1 fully saturated rings. The average molecular weight is 542 g/mol. The van der Waals surface area contributed by atoms with Crippen molar-refractivity contribution in [3.8, 4) is 11.4 Å². The number of carbonyl (C=O) groups excluding carboxylic acids is 2. The van der Waals surface area contributed by atoms with Gasteiger partial charge in [-0.25, -0.2) is 23.5 Å². The van der Waals surface area contributed by atoms with E-state index in [2.05, 4.69) is 20.3 Å². The molecule has 2 aromatic heterocycles. The van der Waals surface area contributed by atoms with Crippen molar-refractivity contribution in [2.45, 2.75) is 50.4 Å². The first-order valence-corrected chi connectivity index (χ1v) is 11.6. The Morgan fingerprint density at radius 1 is 1.21 bits per heavy atom. The fourth-order valence-electron chi connectivity index (χ4n) is 4.50. The number of rotatable bonds is 6. The molecular weight excluding hydrogens is 519 g/mol. The average Bonchev–Trinajstić information content (AvgIpc) is 2.84. The van der Waals surface area contributed by atoms with E-state index in [0.717, 1.165) is 4.90 Å². The van der Waals surface area contributed by atoms with E-state index in [-0.39, 0.29) is 42.2 Å². The van der Waals surface area contributed by atoms with Crippen LogP contribution in [0.4, 0.5) is 26.7 Å². The quantitative estimate of drug-likeness (QED) is 0.537. The molecule has 2 N–H and O–H groups in total. The number of amides is 3. The summed E-state index contributed by atoms with van der Waals surface area (Å²) in [6, 6.07) is 1.80. The summed E-state index contributed by atoms with van der Waals surface area (Å²) in [5, 5.41) is 11.2. The van der Waals surface area contributed by atoms with Crippen LogP contribution in [0.2, 0.25) is 0 Å². The smallest absolute Gasteiger partial charge is 0.433 e. The highest BCUT2D eigenvalue weighted by atomic mass is 19.4. The number of nitrogens with zero attached hydrogens (tertiary/aromatic N) is 5. The second-order valence-corrected chi connectivity index (χ2v) is 9.11. The summed E-state index contributed by atoms with van der Waals surface area (Å²) < 4.78 is 69.0. The standard InChI is InChI=1S/C23H23F5N6O4/c24-22(25)5-3-17(35)34(12-22)10-14(30-21(37)38)8-18(36)33-7-4-15-16(11-33)31-20(13-2-1-6-29-9-13)32-19(15)23(26,27)28/h1-2,6,9,14,30H,3-5,7-8,10-12H2,(H,37,38)/t14-/m0/s1. The Balaban J connectivity index is 1.54. The molecule has 4 heterocycles. The molecule has 0 unspecified atom stereocenters. The largest absolute Gasteiger partial charge is 0.465 e. The third kappa shape index (κ3) is 6.31. The van der Waals surface area contributed by atoms with Crippen LogP contribution in [0.3, 0.4) is 0 Å². The minimum absolute atomic E-state index is 0.0145. The van der Waals surface area contributed by atoms with Crippen molar-refractivity contribution in [2.75, 3.05) is 19.6 Å². The summed E-state index contributed by atoms with van der Waals surface area (Å²) in [6.07, 6.45) is -5.27. The Morgan fingerprint density at radius 2 is 1.97 bits per heavy atom. The molecule has 204 valence electrons. The summed E-state index contributed by atoms with van der Waals surface area (Å²) in [5.74, 6) is -4.58. The molecule has 38 heavy (non-hydrogen) atoms. The molecule has 1 atom stereocenters. The molecule has 0 radical (unpaired) electrons. The number of likely N-dealkylation sites (tertiary alicyclic amines) is 1. The van der Waals surface area contributed by atoms with E-state index in [0.29, 0.717) is 0 Å². The minimum Gasteiger partial charge on any atom is -0.465 e. The van der Waals surface area contributed by atoms with Gasteiger partial charge in [0, 0.05) is 55.9 Å². The van der Waals surface area contributed by atoms with Crippen molar-refractivity contribution >= 4 is 17.9 Å². The first-order valence-electron chi connectivity index (χ1n) is 11.6. The first-order chi connectivity index (χ1) is 17.8. The Morgan fingerprint density at radius 3 is 2.63 bits per heavy atom. The number of pyridine rings is 1. The SMILES string of the molecule is O=C(O)N[C@@H](CC(=O)N1CCc2c(nc(-c3cccnc3)nc2C(F)(F)F)C1)CN1CC(F)(F)CCC1=O. The fourth-order valence-corrected chi connectivity index (χ4v) is 4.50. The molecule has 1 saturated heterocycles. The van der Waals surface area contributed by atoms with Crippen LogP contribution in [0.15, 0.2) is 24.5 Å². The fraction of sp³-hybridized carbons (Fsp3) is 0.478. The maximum atomic E-state index is 13.8. The van der Waals surface area contributed by atoms with Gasteiger partial charge in [-0.05, 0) is 18.6 Å². The predicted octanol–water partition coefficient (Wildman–Crippen LogP) is 2.73. The van der Waals surface area contributed by atoms with Crippen LogP contribution in [0.25, 0.3) is 11.4 Å². The van der Waals surface area contributed by atoms with Gasteiger partial charge in [-0.1, -0.05) is 0 Å². The number of hydrogen-bond donors (Lipinski definition) is 2. The number of halogens is 5. The monoisotopic (exact) mass is 542 g/mol. The molecule has 0 aromatic carbocycles. The molecule has 2 aromatic rings. The zero-order chi connectivity index (χ0) is 27.7. The van der Waals surface area contributed by atoms with Gasteiger partial charge in [0.15, 0.2) is 11.5 Å². The predicted molar refractivity (Wildman–Crippen MR) is 120 cm³/mol. The van der Waals surface area contributed by atoms with Crippen LogP contribution in [0.5, 0.6) is 0 Å². The zero-order valence-electron chi connectivity index (χ0n) is 19.8. The molecular formula is C23H23F5N6O4. The van der Waals surface area contributed by atoms with E-state index in [1.807, 2.05) is 0 Å². The van der Waals surface area contributed by atoms with Crippen molar-refractivity contribution in [1.82, 2.24) is 30.1 Å². The van der Waals surface area contributed by atoms with E-state index in [1.165, 1.54) is 29.4 Å². The number of alkyl halides is 5. The molecule has 0 aliphatic carbocycles. The van der Waals surface area contributed by atoms with Gasteiger partial charge in [-0.3, -0.25) is 14.6 Å². The van der Waals surface area contributed by atoms with Crippen molar-refractivity contribution in [3.63, 3.8) is 0 Å². The topological polar surface area (TPSA) is 129 Å². The lowest BCUT2D eigenvalue weighted by Gasteiger charge is -2.35. The maximum Gasteiger partial charge on any atom is 0.433 e. The van der Waals surface area contributed by atoms with E-state index >= 15 is 0 Å². The van der Waals surface area contributed by atoms with Gasteiger partial charge in [0.1, 0.15) is 0 Å². The van der Waals surface area contributed by atoms with Crippen molar-refractivity contribution in [1.29, 1.82) is 0 Å². The normalized spacial score (nSPS) is 18.1. The number of hydrogen-bond acceptors (Lipinski definition) is 6. The van der Waals surface area contributed by atoms with Gasteiger partial charge >= 0.3 is 12.3 Å². The number of fused-ring (bicyclic) bond motifs is 1. The van der Waals surface area contributed by atoms with E-state index in [4.69, 9.17) is 5.11 Å². The lowest BCUT2D eigenvalue weighted by atomic mass is 10.0. The van der Waals surface area contributed by atoms with Gasteiger partial charge in [-0.2, -0.15) is 13.2 Å². The molecule has 15 heteroatoms. The Labute approximate surface area is 212 Å². The number of nitrogens with one attached hydrogen (secondary N) is 1. The van der Waals surface area contributed by atoms with Crippen molar-refractivity contribution in [2.24, 2.45) is 0 Å². The number of aromatic nitrogens is 3. The van der Waals surface area contributed by atoms with Crippen LogP contribution in [0, 0.1) is 0 Å². The first kappa shape index (κ1) is 27.1. The van der Waals surface area contributed by atoms with Gasteiger partial charge in [0.05, 0.1) is 24.8 Å². The lowest BCUT2D eigenvalue weighted by molar-refractivity contribution is -0.148. The molecule has 0 saturated carbocycles. The number of carbonyl (C=O) groups is 3. The second-order valence-electron chi connectivity index (χ2n) is 9.11. The zero-order valence-corrected chi connectivity index (χ0v) is 19.8. The Hall–Kier alpha value is -3.91. The Bertz CT molecular complexity index is 1230. The van der Waals surface area contributed by atoms with E-state index in [1.54, 1.807) is 0 Å². The molecule has 3 amide bonds. The van der Waals surface area contributed by atoms with Crippen LogP contribution in [0.1, 0.15) is 36.2 Å². The number of carboxylic acid groups (broad SMARTS) is 1. The van der Waals surface area contributed by atoms with Gasteiger partial charge in [-0.15, -0.1) is 0 Å². The van der Waals surface area contributed by atoms with E-state index < -0.39 is 74.1 Å². The van der Waals surface area contributed by atoms with Gasteiger partial charge in [0.25, 0.3) is 5.92 Å².